The normalized spacial score (nSPS) is 19.4. The van der Waals surface area contributed by atoms with Gasteiger partial charge in [0.05, 0.1) is 23.7 Å². The van der Waals surface area contributed by atoms with Crippen LogP contribution in [-0.4, -0.2) is 38.8 Å². The third-order valence-electron chi connectivity index (χ3n) is 3.16. The van der Waals surface area contributed by atoms with Crippen LogP contribution in [0.3, 0.4) is 0 Å². The van der Waals surface area contributed by atoms with E-state index in [-0.39, 0.29) is 11.7 Å². The van der Waals surface area contributed by atoms with Crippen LogP contribution in [0.2, 0.25) is 0 Å². The van der Waals surface area contributed by atoms with Gasteiger partial charge in [0.2, 0.25) is 0 Å². The van der Waals surface area contributed by atoms with Gasteiger partial charge in [0.15, 0.2) is 0 Å². The van der Waals surface area contributed by atoms with E-state index < -0.39 is 5.97 Å². The molecule has 1 aliphatic heterocycles. The molecule has 0 amide bonds. The molecular weight excluding hydrogens is 234 g/mol. The third kappa shape index (κ3) is 1.95. The largest absolute Gasteiger partial charge is 0.478 e. The van der Waals surface area contributed by atoms with Crippen LogP contribution >= 0.6 is 0 Å². The zero-order valence-corrected chi connectivity index (χ0v) is 9.74. The van der Waals surface area contributed by atoms with Gasteiger partial charge in [-0.1, -0.05) is 5.21 Å². The maximum atomic E-state index is 10.9. The van der Waals surface area contributed by atoms with Crippen LogP contribution in [0.4, 0.5) is 0 Å². The Morgan fingerprint density at radius 2 is 2.44 bits per heavy atom. The van der Waals surface area contributed by atoms with Crippen LogP contribution in [0.5, 0.6) is 0 Å². The van der Waals surface area contributed by atoms with E-state index in [2.05, 4.69) is 10.3 Å². The van der Waals surface area contributed by atoms with Crippen LogP contribution in [0, 0.1) is 0 Å². The first kappa shape index (κ1) is 11.2. The van der Waals surface area contributed by atoms with Crippen molar-refractivity contribution in [3.8, 4) is 0 Å². The van der Waals surface area contributed by atoms with E-state index in [1.54, 1.807) is 16.8 Å². The van der Waals surface area contributed by atoms with E-state index in [4.69, 9.17) is 9.84 Å². The summed E-state index contributed by atoms with van der Waals surface area (Å²) in [5.74, 6) is -0.943. The molecule has 0 bridgehead atoms. The standard InChI is InChI=1S/C12H13N3O3/c16-12(17)8-3-4-10-11(6-8)15(14-13-10)7-9-2-1-5-18-9/h3-4,6,9H,1-2,5,7H2,(H,16,17). The summed E-state index contributed by atoms with van der Waals surface area (Å²) in [6.45, 7) is 1.41. The number of ether oxygens (including phenoxy) is 1. The van der Waals surface area contributed by atoms with E-state index in [1.165, 1.54) is 6.07 Å². The highest BCUT2D eigenvalue weighted by molar-refractivity contribution is 5.92. The number of benzene rings is 1. The minimum Gasteiger partial charge on any atom is -0.478 e. The molecule has 3 rings (SSSR count). The van der Waals surface area contributed by atoms with Crippen molar-refractivity contribution in [2.24, 2.45) is 0 Å². The average molecular weight is 247 g/mol. The lowest BCUT2D eigenvalue weighted by Gasteiger charge is -2.09. The summed E-state index contributed by atoms with van der Waals surface area (Å²) in [6, 6.07) is 4.82. The van der Waals surface area contributed by atoms with E-state index in [0.717, 1.165) is 25.0 Å². The summed E-state index contributed by atoms with van der Waals surface area (Å²) >= 11 is 0. The molecule has 1 unspecified atom stereocenters. The molecule has 6 heteroatoms. The molecule has 1 N–H and O–H groups in total. The predicted octanol–water partition coefficient (Wildman–Crippen LogP) is 1.31. The smallest absolute Gasteiger partial charge is 0.335 e. The number of aromatic nitrogens is 3. The molecule has 0 radical (unpaired) electrons. The molecule has 0 saturated carbocycles. The predicted molar refractivity (Wildman–Crippen MR) is 63.5 cm³/mol. The molecule has 0 aliphatic carbocycles. The Labute approximate surface area is 103 Å². The Kier molecular flexibility index (Phi) is 2.71. The van der Waals surface area contributed by atoms with Gasteiger partial charge in [0.25, 0.3) is 0 Å². The summed E-state index contributed by atoms with van der Waals surface area (Å²) in [5.41, 5.74) is 1.70. The Morgan fingerprint density at radius 3 is 3.17 bits per heavy atom. The van der Waals surface area contributed by atoms with Crippen molar-refractivity contribution in [1.29, 1.82) is 0 Å². The summed E-state index contributed by atoms with van der Waals surface area (Å²) < 4.78 is 7.27. The minimum atomic E-state index is -0.943. The Hall–Kier alpha value is -1.95. The number of nitrogens with zero attached hydrogens (tertiary/aromatic N) is 3. The van der Waals surface area contributed by atoms with Crippen molar-refractivity contribution < 1.29 is 14.6 Å². The topological polar surface area (TPSA) is 77.2 Å². The lowest BCUT2D eigenvalue weighted by molar-refractivity contribution is 0.0697. The molecule has 1 aliphatic rings. The maximum Gasteiger partial charge on any atom is 0.335 e. The second-order valence-corrected chi connectivity index (χ2v) is 4.42. The van der Waals surface area contributed by atoms with Crippen LogP contribution in [0.25, 0.3) is 11.0 Å². The second kappa shape index (κ2) is 4.38. The van der Waals surface area contributed by atoms with Gasteiger partial charge < -0.3 is 9.84 Å². The van der Waals surface area contributed by atoms with E-state index >= 15 is 0 Å². The first-order valence-electron chi connectivity index (χ1n) is 5.92. The fraction of sp³-hybridized carbons (Fsp3) is 0.417. The maximum absolute atomic E-state index is 10.9. The lowest BCUT2D eigenvalue weighted by Crippen LogP contribution is -2.16. The molecule has 1 aromatic heterocycles. The number of carboxylic acids is 1. The third-order valence-corrected chi connectivity index (χ3v) is 3.16. The second-order valence-electron chi connectivity index (χ2n) is 4.42. The summed E-state index contributed by atoms with van der Waals surface area (Å²) in [6.07, 6.45) is 2.24. The zero-order valence-electron chi connectivity index (χ0n) is 9.74. The Balaban J connectivity index is 1.95. The minimum absolute atomic E-state index is 0.156. The molecule has 1 fully saturated rings. The number of aromatic carboxylic acids is 1. The van der Waals surface area contributed by atoms with Crippen LogP contribution in [-0.2, 0) is 11.3 Å². The zero-order chi connectivity index (χ0) is 12.5. The number of hydrogen-bond acceptors (Lipinski definition) is 4. The quantitative estimate of drug-likeness (QED) is 0.884. The fourth-order valence-electron chi connectivity index (χ4n) is 2.21. The molecule has 2 aromatic rings. The van der Waals surface area contributed by atoms with Crippen LogP contribution in [0.1, 0.15) is 23.2 Å². The highest BCUT2D eigenvalue weighted by Crippen LogP contribution is 2.18. The monoisotopic (exact) mass is 247 g/mol. The van der Waals surface area contributed by atoms with Crippen molar-refractivity contribution in [3.63, 3.8) is 0 Å². The molecule has 18 heavy (non-hydrogen) atoms. The fourth-order valence-corrected chi connectivity index (χ4v) is 2.21. The van der Waals surface area contributed by atoms with E-state index in [1.807, 2.05) is 0 Å². The highest BCUT2D eigenvalue weighted by atomic mass is 16.5. The molecule has 1 saturated heterocycles. The van der Waals surface area contributed by atoms with Gasteiger partial charge in [-0.3, -0.25) is 0 Å². The van der Waals surface area contributed by atoms with Crippen molar-refractivity contribution in [3.05, 3.63) is 23.8 Å². The van der Waals surface area contributed by atoms with Crippen LogP contribution < -0.4 is 0 Å². The van der Waals surface area contributed by atoms with Gasteiger partial charge in [0.1, 0.15) is 5.52 Å². The van der Waals surface area contributed by atoms with Crippen LogP contribution in [0.15, 0.2) is 18.2 Å². The summed E-state index contributed by atoms with van der Waals surface area (Å²) in [7, 11) is 0. The lowest BCUT2D eigenvalue weighted by atomic mass is 10.2. The summed E-state index contributed by atoms with van der Waals surface area (Å²) in [5, 5.41) is 17.1. The SMILES string of the molecule is O=C(O)c1ccc2nnn(CC3CCCO3)c2c1. The Morgan fingerprint density at radius 1 is 1.56 bits per heavy atom. The van der Waals surface area contributed by atoms with Gasteiger partial charge >= 0.3 is 5.97 Å². The molecule has 1 atom stereocenters. The molecule has 1 aromatic carbocycles. The summed E-state index contributed by atoms with van der Waals surface area (Å²) in [4.78, 5) is 10.9. The molecule has 0 spiro atoms. The van der Waals surface area contributed by atoms with Gasteiger partial charge in [0, 0.05) is 6.61 Å². The van der Waals surface area contributed by atoms with Gasteiger partial charge in [-0.05, 0) is 31.0 Å². The molecule has 2 heterocycles. The van der Waals surface area contributed by atoms with Crippen molar-refractivity contribution in [1.82, 2.24) is 15.0 Å². The average Bonchev–Trinajstić information content (AvgIpc) is 2.99. The number of hydrogen-bond donors (Lipinski definition) is 1. The van der Waals surface area contributed by atoms with Crippen molar-refractivity contribution in [2.45, 2.75) is 25.5 Å². The number of carbonyl (C=O) groups is 1. The van der Waals surface area contributed by atoms with E-state index in [0.29, 0.717) is 12.1 Å². The molecule has 94 valence electrons. The number of carboxylic acid groups (broad SMARTS) is 1. The van der Waals surface area contributed by atoms with Gasteiger partial charge in [-0.25, -0.2) is 9.48 Å². The highest BCUT2D eigenvalue weighted by Gasteiger charge is 2.18. The number of fused-ring (bicyclic) bond motifs is 1. The van der Waals surface area contributed by atoms with Gasteiger partial charge in [-0.2, -0.15) is 0 Å². The van der Waals surface area contributed by atoms with Crippen molar-refractivity contribution in [2.75, 3.05) is 6.61 Å². The van der Waals surface area contributed by atoms with Crippen molar-refractivity contribution >= 4 is 17.0 Å². The first-order chi connectivity index (χ1) is 8.74. The van der Waals surface area contributed by atoms with Gasteiger partial charge in [-0.15, -0.1) is 5.10 Å². The Bertz CT molecular complexity index is 587. The first-order valence-corrected chi connectivity index (χ1v) is 5.92. The number of rotatable bonds is 3. The van der Waals surface area contributed by atoms with E-state index in [9.17, 15) is 4.79 Å². The molecular formula is C12H13N3O3. The molecule has 6 nitrogen and oxygen atoms in total.